The summed E-state index contributed by atoms with van der Waals surface area (Å²) in [6, 6.07) is 14.3. The van der Waals surface area contributed by atoms with Gasteiger partial charge in [-0.2, -0.15) is 0 Å². The molecule has 1 aliphatic heterocycles. The van der Waals surface area contributed by atoms with Crippen molar-refractivity contribution in [1.29, 1.82) is 0 Å². The highest BCUT2D eigenvalue weighted by Gasteiger charge is 2.13. The molecule has 0 amide bonds. The number of H-pyrrole nitrogens is 1. The first-order valence-electron chi connectivity index (χ1n) is 10.8. The highest BCUT2D eigenvalue weighted by atomic mass is 32.1. The molecule has 0 atom stereocenters. The molecule has 4 heterocycles. The second-order valence-corrected chi connectivity index (χ2v) is 9.16. The number of aldehydes is 1. The first-order chi connectivity index (χ1) is 15.7. The van der Waals surface area contributed by atoms with Crippen molar-refractivity contribution in [2.75, 3.05) is 46.4 Å². The van der Waals surface area contributed by atoms with Crippen molar-refractivity contribution in [2.45, 2.75) is 0 Å². The fourth-order valence-electron chi connectivity index (χ4n) is 3.99. The topological polar surface area (TPSA) is 61.5 Å². The number of thiophene rings is 1. The van der Waals surface area contributed by atoms with Gasteiger partial charge in [0.15, 0.2) is 6.29 Å². The molecule has 0 bridgehead atoms. The summed E-state index contributed by atoms with van der Waals surface area (Å²) in [5.41, 5.74) is 4.99. The van der Waals surface area contributed by atoms with E-state index in [9.17, 15) is 4.79 Å². The summed E-state index contributed by atoms with van der Waals surface area (Å²) in [6.45, 7) is 6.14. The van der Waals surface area contributed by atoms with E-state index in [1.165, 1.54) is 11.3 Å². The number of nitrogens with one attached hydrogen (secondary N) is 1. The number of carbonyl (C=O) groups excluding carboxylic acids is 1. The monoisotopic (exact) mass is 446 g/mol. The summed E-state index contributed by atoms with van der Waals surface area (Å²) in [4.78, 5) is 24.5. The Hall–Kier alpha value is -3.00. The summed E-state index contributed by atoms with van der Waals surface area (Å²) in [5.74, 6) is 0.892. The molecule has 0 aliphatic carbocycles. The van der Waals surface area contributed by atoms with Crippen LogP contribution in [0, 0.1) is 0 Å². The largest absolute Gasteiger partial charge is 0.492 e. The Bertz CT molecular complexity index is 1210. The number of aromatic nitrogens is 2. The number of likely N-dealkylation sites (N-methyl/N-ethyl adjacent to an activating group) is 1. The second-order valence-electron chi connectivity index (χ2n) is 8.22. The van der Waals surface area contributed by atoms with E-state index in [-0.39, 0.29) is 0 Å². The summed E-state index contributed by atoms with van der Waals surface area (Å²) in [7, 11) is 2.17. The zero-order chi connectivity index (χ0) is 21.9. The molecule has 4 aromatic rings. The van der Waals surface area contributed by atoms with E-state index in [0.717, 1.165) is 83.1 Å². The summed E-state index contributed by atoms with van der Waals surface area (Å²) in [6.07, 6.45) is 2.73. The van der Waals surface area contributed by atoms with Crippen molar-refractivity contribution in [2.24, 2.45) is 0 Å². The van der Waals surface area contributed by atoms with Gasteiger partial charge in [0.1, 0.15) is 18.0 Å². The molecule has 0 radical (unpaired) electrons. The quantitative estimate of drug-likeness (QED) is 0.427. The SMILES string of the molecule is CN1CCN(CCOc2ccc(-c3cc4cc(-c5csc(C=O)c5)cnc4[nH]3)cc2)CC1. The lowest BCUT2D eigenvalue weighted by Crippen LogP contribution is -2.45. The minimum absolute atomic E-state index is 0.705. The maximum absolute atomic E-state index is 11.0. The molecule has 0 unspecified atom stereocenters. The zero-order valence-electron chi connectivity index (χ0n) is 18.1. The molecular weight excluding hydrogens is 420 g/mol. The van der Waals surface area contributed by atoms with Crippen LogP contribution in [0.25, 0.3) is 33.4 Å². The Kier molecular flexibility index (Phi) is 6.03. The number of hydrogen-bond acceptors (Lipinski definition) is 6. The lowest BCUT2D eigenvalue weighted by Gasteiger charge is -2.32. The molecule has 1 N–H and O–H groups in total. The van der Waals surface area contributed by atoms with Crippen LogP contribution in [0.4, 0.5) is 0 Å². The standard InChI is InChI=1S/C25H26N4O2S/c1-28-6-8-29(9-7-28)10-11-31-22-4-2-18(3-5-22)24-14-19-12-20(15-26-25(19)27-24)21-13-23(16-30)32-17-21/h2-5,12-17H,6-11H2,1H3,(H,26,27). The van der Waals surface area contributed by atoms with Crippen LogP contribution >= 0.6 is 11.3 Å². The predicted octanol–water partition coefficient (Wildman–Crippen LogP) is 4.40. The Morgan fingerprint density at radius 2 is 1.88 bits per heavy atom. The average Bonchev–Trinajstić information content (AvgIpc) is 3.47. The number of nitrogens with zero attached hydrogens (tertiary/aromatic N) is 3. The molecule has 6 nitrogen and oxygen atoms in total. The van der Waals surface area contributed by atoms with Crippen LogP contribution in [0.2, 0.25) is 0 Å². The van der Waals surface area contributed by atoms with Crippen LogP contribution in [-0.2, 0) is 0 Å². The fourth-order valence-corrected chi connectivity index (χ4v) is 4.71. The maximum Gasteiger partial charge on any atom is 0.160 e. The van der Waals surface area contributed by atoms with E-state index in [1.54, 1.807) is 0 Å². The Morgan fingerprint density at radius 1 is 1.06 bits per heavy atom. The Morgan fingerprint density at radius 3 is 2.62 bits per heavy atom. The lowest BCUT2D eigenvalue weighted by molar-refractivity contribution is 0.112. The van der Waals surface area contributed by atoms with E-state index < -0.39 is 0 Å². The van der Waals surface area contributed by atoms with Gasteiger partial charge in [-0.3, -0.25) is 9.69 Å². The third-order valence-corrected chi connectivity index (χ3v) is 6.83. The first-order valence-corrected chi connectivity index (χ1v) is 11.7. The molecule has 0 spiro atoms. The van der Waals surface area contributed by atoms with E-state index >= 15 is 0 Å². The number of ether oxygens (including phenoxy) is 1. The Labute approximate surface area is 191 Å². The van der Waals surface area contributed by atoms with Gasteiger partial charge in [0.25, 0.3) is 0 Å². The third-order valence-electron chi connectivity index (χ3n) is 5.98. The van der Waals surface area contributed by atoms with Gasteiger partial charge in [0.05, 0.1) is 4.88 Å². The second kappa shape index (κ2) is 9.24. The van der Waals surface area contributed by atoms with Gasteiger partial charge >= 0.3 is 0 Å². The van der Waals surface area contributed by atoms with Gasteiger partial charge in [0, 0.05) is 55.6 Å². The van der Waals surface area contributed by atoms with Crippen LogP contribution < -0.4 is 4.74 Å². The summed E-state index contributed by atoms with van der Waals surface area (Å²) >= 11 is 1.45. The fraction of sp³-hybridized carbons (Fsp3) is 0.280. The van der Waals surface area contributed by atoms with Crippen molar-refractivity contribution in [3.63, 3.8) is 0 Å². The van der Waals surface area contributed by atoms with Crippen LogP contribution in [0.3, 0.4) is 0 Å². The molecular formula is C25H26N4O2S. The molecule has 32 heavy (non-hydrogen) atoms. The molecule has 0 saturated carbocycles. The molecule has 5 rings (SSSR count). The molecule has 7 heteroatoms. The first kappa shape index (κ1) is 20.9. The number of pyridine rings is 1. The van der Waals surface area contributed by atoms with Crippen LogP contribution in [0.5, 0.6) is 5.75 Å². The number of hydrogen-bond donors (Lipinski definition) is 1. The van der Waals surface area contributed by atoms with Crippen molar-refractivity contribution in [3.05, 3.63) is 58.9 Å². The van der Waals surface area contributed by atoms with Crippen molar-refractivity contribution >= 4 is 28.7 Å². The van der Waals surface area contributed by atoms with Gasteiger partial charge in [-0.25, -0.2) is 4.98 Å². The number of benzene rings is 1. The van der Waals surface area contributed by atoms with Gasteiger partial charge in [-0.05, 0) is 66.0 Å². The molecule has 1 aliphatic rings. The van der Waals surface area contributed by atoms with E-state index in [0.29, 0.717) is 6.61 Å². The summed E-state index contributed by atoms with van der Waals surface area (Å²) in [5, 5.41) is 3.03. The highest BCUT2D eigenvalue weighted by molar-refractivity contribution is 7.12. The minimum atomic E-state index is 0.705. The highest BCUT2D eigenvalue weighted by Crippen LogP contribution is 2.30. The number of carbonyl (C=O) groups is 1. The van der Waals surface area contributed by atoms with E-state index in [4.69, 9.17) is 4.74 Å². The number of fused-ring (bicyclic) bond motifs is 1. The molecule has 3 aromatic heterocycles. The van der Waals surface area contributed by atoms with Gasteiger partial charge in [-0.1, -0.05) is 0 Å². The molecule has 1 fully saturated rings. The minimum Gasteiger partial charge on any atom is -0.492 e. The molecule has 164 valence electrons. The van der Waals surface area contributed by atoms with Crippen LogP contribution in [-0.4, -0.2) is 72.4 Å². The molecule has 1 aromatic carbocycles. The van der Waals surface area contributed by atoms with E-state index in [2.05, 4.69) is 51.1 Å². The van der Waals surface area contributed by atoms with Crippen molar-refractivity contribution in [1.82, 2.24) is 19.8 Å². The maximum atomic E-state index is 11.0. The van der Waals surface area contributed by atoms with Gasteiger partial charge in [0.2, 0.25) is 0 Å². The Balaban J connectivity index is 1.24. The number of aromatic amines is 1. The van der Waals surface area contributed by atoms with Crippen molar-refractivity contribution in [3.8, 4) is 28.1 Å². The van der Waals surface area contributed by atoms with E-state index in [1.807, 2.05) is 29.8 Å². The smallest absolute Gasteiger partial charge is 0.160 e. The van der Waals surface area contributed by atoms with Gasteiger partial charge < -0.3 is 14.6 Å². The zero-order valence-corrected chi connectivity index (χ0v) is 18.9. The average molecular weight is 447 g/mol. The van der Waals surface area contributed by atoms with Crippen LogP contribution in [0.1, 0.15) is 9.67 Å². The number of piperazine rings is 1. The summed E-state index contributed by atoms with van der Waals surface area (Å²) < 4.78 is 5.96. The lowest BCUT2D eigenvalue weighted by atomic mass is 10.1. The third kappa shape index (κ3) is 4.60. The predicted molar refractivity (Wildman–Crippen MR) is 130 cm³/mol. The molecule has 1 saturated heterocycles. The van der Waals surface area contributed by atoms with Crippen LogP contribution in [0.15, 0.2) is 54.0 Å². The normalized spacial score (nSPS) is 15.3. The number of rotatable bonds is 7. The van der Waals surface area contributed by atoms with Crippen molar-refractivity contribution < 1.29 is 9.53 Å². The van der Waals surface area contributed by atoms with Gasteiger partial charge in [-0.15, -0.1) is 11.3 Å².